The highest BCUT2D eigenvalue weighted by Crippen LogP contribution is 2.15. The number of nitrogens with one attached hydrogen (secondary N) is 2. The van der Waals surface area contributed by atoms with E-state index in [1.54, 1.807) is 24.5 Å². The average molecular weight is 248 g/mol. The van der Waals surface area contributed by atoms with Gasteiger partial charge in [0, 0.05) is 5.69 Å². The second kappa shape index (κ2) is 4.84. The first-order valence-electron chi connectivity index (χ1n) is 5.27. The number of rotatable bonds is 4. The van der Waals surface area contributed by atoms with Crippen molar-refractivity contribution in [2.45, 2.75) is 12.5 Å². The molecule has 7 nitrogen and oxygen atoms in total. The predicted molar refractivity (Wildman–Crippen MR) is 65.0 cm³/mol. The zero-order valence-corrected chi connectivity index (χ0v) is 9.38. The Bertz CT molecular complexity index is 593. The SMILES string of the molecule is NC(CC(=O)O)C(=O)Nc1ccc2nc[nH]c2c1. The molecule has 0 saturated carbocycles. The van der Waals surface area contributed by atoms with Gasteiger partial charge in [0.2, 0.25) is 5.91 Å². The van der Waals surface area contributed by atoms with Crippen LogP contribution in [0.15, 0.2) is 24.5 Å². The first kappa shape index (κ1) is 12.1. The van der Waals surface area contributed by atoms with Crippen molar-refractivity contribution in [3.63, 3.8) is 0 Å². The molecular weight excluding hydrogens is 236 g/mol. The fourth-order valence-electron chi connectivity index (χ4n) is 1.53. The Morgan fingerprint density at radius 3 is 3.00 bits per heavy atom. The smallest absolute Gasteiger partial charge is 0.305 e. The minimum Gasteiger partial charge on any atom is -0.481 e. The number of anilines is 1. The van der Waals surface area contributed by atoms with Gasteiger partial charge in [-0.15, -0.1) is 0 Å². The van der Waals surface area contributed by atoms with Gasteiger partial charge in [-0.3, -0.25) is 9.59 Å². The molecule has 1 amide bonds. The summed E-state index contributed by atoms with van der Waals surface area (Å²) in [5.41, 5.74) is 7.54. The zero-order valence-electron chi connectivity index (χ0n) is 9.38. The Morgan fingerprint density at radius 2 is 2.28 bits per heavy atom. The number of fused-ring (bicyclic) bond motifs is 1. The van der Waals surface area contributed by atoms with E-state index in [0.717, 1.165) is 11.0 Å². The standard InChI is InChI=1S/C11H12N4O3/c12-7(4-10(16)17)11(18)15-6-1-2-8-9(3-6)14-5-13-8/h1-3,5,7H,4,12H2,(H,13,14)(H,15,18)(H,16,17). The monoisotopic (exact) mass is 248 g/mol. The maximum atomic E-state index is 11.6. The minimum absolute atomic E-state index is 0.405. The van der Waals surface area contributed by atoms with E-state index in [2.05, 4.69) is 15.3 Å². The summed E-state index contributed by atoms with van der Waals surface area (Å²) < 4.78 is 0. The van der Waals surface area contributed by atoms with Crippen LogP contribution in [0.5, 0.6) is 0 Å². The van der Waals surface area contributed by atoms with E-state index in [-0.39, 0.29) is 0 Å². The third-order valence-electron chi connectivity index (χ3n) is 2.42. The Hall–Kier alpha value is -2.41. The average Bonchev–Trinajstić information content (AvgIpc) is 2.75. The van der Waals surface area contributed by atoms with Crippen LogP contribution in [0, 0.1) is 0 Å². The van der Waals surface area contributed by atoms with Crippen LogP contribution < -0.4 is 11.1 Å². The Labute approximate surface area is 102 Å². The molecule has 7 heteroatoms. The lowest BCUT2D eigenvalue weighted by Gasteiger charge is -2.10. The van der Waals surface area contributed by atoms with E-state index in [4.69, 9.17) is 10.8 Å². The molecule has 1 atom stereocenters. The minimum atomic E-state index is -1.11. The van der Waals surface area contributed by atoms with Gasteiger partial charge in [-0.05, 0) is 18.2 Å². The largest absolute Gasteiger partial charge is 0.481 e. The number of carbonyl (C=O) groups excluding carboxylic acids is 1. The van der Waals surface area contributed by atoms with Gasteiger partial charge in [0.1, 0.15) is 0 Å². The van der Waals surface area contributed by atoms with Crippen LogP contribution in [-0.2, 0) is 9.59 Å². The van der Waals surface area contributed by atoms with Crippen LogP contribution in [0.1, 0.15) is 6.42 Å². The predicted octanol–water partition coefficient (Wildman–Crippen LogP) is 0.303. The number of benzene rings is 1. The molecule has 0 spiro atoms. The number of aromatic nitrogens is 2. The van der Waals surface area contributed by atoms with E-state index in [0.29, 0.717) is 5.69 Å². The summed E-state index contributed by atoms with van der Waals surface area (Å²) in [5.74, 6) is -1.64. The van der Waals surface area contributed by atoms with Gasteiger partial charge < -0.3 is 21.1 Å². The topological polar surface area (TPSA) is 121 Å². The van der Waals surface area contributed by atoms with Crippen LogP contribution in [-0.4, -0.2) is 33.0 Å². The Morgan fingerprint density at radius 1 is 1.50 bits per heavy atom. The summed E-state index contributed by atoms with van der Waals surface area (Å²) in [4.78, 5) is 29.0. The molecule has 0 aliphatic heterocycles. The summed E-state index contributed by atoms with van der Waals surface area (Å²) in [6, 6.07) is 4.05. The van der Waals surface area contributed by atoms with Crippen LogP contribution in [0.4, 0.5) is 5.69 Å². The van der Waals surface area contributed by atoms with E-state index >= 15 is 0 Å². The Kier molecular flexibility index (Phi) is 3.24. The quantitative estimate of drug-likeness (QED) is 0.620. The molecule has 2 aromatic rings. The zero-order chi connectivity index (χ0) is 13.1. The lowest BCUT2D eigenvalue weighted by molar-refractivity contribution is -0.138. The van der Waals surface area contributed by atoms with E-state index in [1.807, 2.05) is 0 Å². The van der Waals surface area contributed by atoms with E-state index < -0.39 is 24.3 Å². The molecule has 1 aromatic carbocycles. The molecule has 0 aliphatic carbocycles. The maximum Gasteiger partial charge on any atom is 0.305 e. The summed E-state index contributed by atoms with van der Waals surface area (Å²) >= 11 is 0. The number of nitrogens with zero attached hydrogens (tertiary/aromatic N) is 1. The number of aromatic amines is 1. The van der Waals surface area contributed by atoms with Crippen molar-refractivity contribution in [2.75, 3.05) is 5.32 Å². The van der Waals surface area contributed by atoms with Gasteiger partial charge in [-0.25, -0.2) is 4.98 Å². The normalized spacial score (nSPS) is 12.3. The maximum absolute atomic E-state index is 11.6. The fourth-order valence-corrected chi connectivity index (χ4v) is 1.53. The molecule has 0 aliphatic rings. The van der Waals surface area contributed by atoms with E-state index in [9.17, 15) is 9.59 Å². The Balaban J connectivity index is 2.08. The van der Waals surface area contributed by atoms with Gasteiger partial charge in [0.15, 0.2) is 0 Å². The van der Waals surface area contributed by atoms with E-state index in [1.165, 1.54) is 0 Å². The molecule has 1 aromatic heterocycles. The molecular formula is C11H12N4O3. The van der Waals surface area contributed by atoms with Crippen molar-refractivity contribution in [1.29, 1.82) is 0 Å². The lowest BCUT2D eigenvalue weighted by atomic mass is 10.2. The molecule has 1 unspecified atom stereocenters. The molecule has 2 rings (SSSR count). The van der Waals surface area contributed by atoms with Crippen LogP contribution in [0.3, 0.4) is 0 Å². The number of amides is 1. The highest BCUT2D eigenvalue weighted by Gasteiger charge is 2.17. The first-order valence-corrected chi connectivity index (χ1v) is 5.27. The number of nitrogens with two attached hydrogens (primary N) is 1. The fraction of sp³-hybridized carbons (Fsp3) is 0.182. The number of carbonyl (C=O) groups is 2. The molecule has 5 N–H and O–H groups in total. The third kappa shape index (κ3) is 2.64. The number of imidazole rings is 1. The second-order valence-corrected chi connectivity index (χ2v) is 3.83. The molecule has 0 saturated heterocycles. The van der Waals surface area contributed by atoms with Gasteiger partial charge in [-0.1, -0.05) is 0 Å². The number of hydrogen-bond donors (Lipinski definition) is 4. The highest BCUT2D eigenvalue weighted by atomic mass is 16.4. The summed E-state index contributed by atoms with van der Waals surface area (Å²) in [6.07, 6.45) is 1.14. The summed E-state index contributed by atoms with van der Waals surface area (Å²) in [6.45, 7) is 0. The molecule has 18 heavy (non-hydrogen) atoms. The van der Waals surface area contributed by atoms with Gasteiger partial charge in [0.05, 0.1) is 29.8 Å². The molecule has 0 fully saturated rings. The van der Waals surface area contributed by atoms with Crippen LogP contribution in [0.2, 0.25) is 0 Å². The number of carboxylic acids is 1. The lowest BCUT2D eigenvalue weighted by Crippen LogP contribution is -2.37. The van der Waals surface area contributed by atoms with Crippen LogP contribution >= 0.6 is 0 Å². The van der Waals surface area contributed by atoms with Crippen molar-refractivity contribution in [1.82, 2.24) is 9.97 Å². The van der Waals surface area contributed by atoms with Gasteiger partial charge in [-0.2, -0.15) is 0 Å². The first-order chi connectivity index (χ1) is 8.56. The number of aliphatic carboxylic acids is 1. The van der Waals surface area contributed by atoms with Crippen molar-refractivity contribution < 1.29 is 14.7 Å². The molecule has 1 heterocycles. The van der Waals surface area contributed by atoms with Crippen molar-refractivity contribution in [3.05, 3.63) is 24.5 Å². The molecule has 94 valence electrons. The highest BCUT2D eigenvalue weighted by molar-refractivity contribution is 5.97. The molecule has 0 radical (unpaired) electrons. The van der Waals surface area contributed by atoms with Crippen LogP contribution in [0.25, 0.3) is 11.0 Å². The number of H-pyrrole nitrogens is 1. The number of hydrogen-bond acceptors (Lipinski definition) is 4. The van der Waals surface area contributed by atoms with Gasteiger partial charge >= 0.3 is 5.97 Å². The van der Waals surface area contributed by atoms with Gasteiger partial charge in [0.25, 0.3) is 0 Å². The van der Waals surface area contributed by atoms with Crippen molar-refractivity contribution in [3.8, 4) is 0 Å². The molecule has 0 bridgehead atoms. The summed E-state index contributed by atoms with van der Waals surface area (Å²) in [5, 5.41) is 11.1. The summed E-state index contributed by atoms with van der Waals surface area (Å²) in [7, 11) is 0. The second-order valence-electron chi connectivity index (χ2n) is 3.83. The number of carboxylic acid groups (broad SMARTS) is 1. The third-order valence-corrected chi connectivity index (χ3v) is 2.42. The van der Waals surface area contributed by atoms with Crippen molar-refractivity contribution in [2.24, 2.45) is 5.73 Å². The van der Waals surface area contributed by atoms with Crippen molar-refractivity contribution >= 4 is 28.6 Å².